The zero-order valence-electron chi connectivity index (χ0n) is 13.4. The van der Waals surface area contributed by atoms with Gasteiger partial charge < -0.3 is 14.5 Å². The van der Waals surface area contributed by atoms with Gasteiger partial charge in [0.25, 0.3) is 7.37 Å². The summed E-state index contributed by atoms with van der Waals surface area (Å²) in [5, 5.41) is 11.2. The van der Waals surface area contributed by atoms with Crippen molar-refractivity contribution in [3.63, 3.8) is 0 Å². The third kappa shape index (κ3) is 4.04. The molecule has 0 saturated carbocycles. The highest BCUT2D eigenvalue weighted by Crippen LogP contribution is 2.57. The number of nitrogens with zero attached hydrogens (tertiary/aromatic N) is 1. The predicted molar refractivity (Wildman–Crippen MR) is 98.7 cm³/mol. The van der Waals surface area contributed by atoms with Crippen LogP contribution in [0.25, 0.3) is 0 Å². The molecule has 6 heteroatoms. The van der Waals surface area contributed by atoms with Crippen molar-refractivity contribution < 1.29 is 14.2 Å². The molecule has 0 spiro atoms. The van der Waals surface area contributed by atoms with Crippen LogP contribution in [0.5, 0.6) is 0 Å². The van der Waals surface area contributed by atoms with Crippen molar-refractivity contribution in [3.8, 4) is 0 Å². The fourth-order valence-electron chi connectivity index (χ4n) is 2.27. The predicted octanol–water partition coefficient (Wildman–Crippen LogP) is 4.15. The molecule has 2 atom stereocenters. The standard InChI is InChI=1S/C17H21BrNO3P/c1-4-22-23(21,16-11-9-15(10-12-16)19(2)3)17(20)13-5-7-14(18)8-6-13/h5-12,17,20H,4H2,1-3H3/t17-,23+/m1/s1. The van der Waals surface area contributed by atoms with Crippen molar-refractivity contribution >= 4 is 34.3 Å². The smallest absolute Gasteiger partial charge is 0.264 e. The summed E-state index contributed by atoms with van der Waals surface area (Å²) >= 11 is 3.36. The van der Waals surface area contributed by atoms with Crippen LogP contribution in [0.3, 0.4) is 0 Å². The van der Waals surface area contributed by atoms with Crippen molar-refractivity contribution in [2.24, 2.45) is 0 Å². The summed E-state index contributed by atoms with van der Waals surface area (Å²) in [4.78, 5) is 1.96. The summed E-state index contributed by atoms with van der Waals surface area (Å²) in [6, 6.07) is 14.4. The minimum absolute atomic E-state index is 0.264. The van der Waals surface area contributed by atoms with Gasteiger partial charge in [-0.15, -0.1) is 0 Å². The van der Waals surface area contributed by atoms with E-state index in [1.807, 2.05) is 43.3 Å². The lowest BCUT2D eigenvalue weighted by atomic mass is 10.2. The van der Waals surface area contributed by atoms with Gasteiger partial charge >= 0.3 is 0 Å². The van der Waals surface area contributed by atoms with E-state index >= 15 is 0 Å². The second-order valence-electron chi connectivity index (χ2n) is 5.35. The molecule has 0 heterocycles. The monoisotopic (exact) mass is 397 g/mol. The van der Waals surface area contributed by atoms with Crippen molar-refractivity contribution in [2.75, 3.05) is 25.6 Å². The number of aliphatic hydroxyl groups is 1. The molecule has 2 aromatic rings. The van der Waals surface area contributed by atoms with E-state index in [2.05, 4.69) is 15.9 Å². The van der Waals surface area contributed by atoms with Crippen molar-refractivity contribution in [1.82, 2.24) is 0 Å². The maximum absolute atomic E-state index is 13.4. The Bertz CT molecular complexity index is 686. The molecule has 0 aliphatic heterocycles. The molecule has 4 nitrogen and oxygen atoms in total. The number of rotatable bonds is 6. The molecule has 23 heavy (non-hydrogen) atoms. The minimum atomic E-state index is -3.43. The van der Waals surface area contributed by atoms with E-state index in [1.54, 1.807) is 31.2 Å². The minimum Gasteiger partial charge on any atom is -0.378 e. The highest BCUT2D eigenvalue weighted by Gasteiger charge is 2.36. The van der Waals surface area contributed by atoms with Crippen LogP contribution in [-0.4, -0.2) is 25.8 Å². The summed E-state index contributed by atoms with van der Waals surface area (Å²) in [5.41, 5.74) is 1.57. The second kappa shape index (κ2) is 7.63. The molecule has 0 aromatic heterocycles. The topological polar surface area (TPSA) is 49.8 Å². The van der Waals surface area contributed by atoms with Gasteiger partial charge in [-0.1, -0.05) is 28.1 Å². The number of aliphatic hydroxyl groups excluding tert-OH is 1. The lowest BCUT2D eigenvalue weighted by Crippen LogP contribution is -2.16. The van der Waals surface area contributed by atoms with Gasteiger partial charge in [0.2, 0.25) is 0 Å². The molecule has 0 fully saturated rings. The first-order chi connectivity index (χ1) is 10.9. The first-order valence-electron chi connectivity index (χ1n) is 7.34. The third-order valence-corrected chi connectivity index (χ3v) is 6.67. The Labute approximate surface area is 145 Å². The Morgan fingerprint density at radius 1 is 1.13 bits per heavy atom. The Morgan fingerprint density at radius 3 is 2.17 bits per heavy atom. The number of hydrogen-bond donors (Lipinski definition) is 1. The van der Waals surface area contributed by atoms with Crippen molar-refractivity contribution in [3.05, 3.63) is 58.6 Å². The van der Waals surface area contributed by atoms with Gasteiger partial charge in [-0.2, -0.15) is 0 Å². The summed E-state index contributed by atoms with van der Waals surface area (Å²) in [6.07, 6.45) is 0. The molecule has 0 saturated heterocycles. The molecular weight excluding hydrogens is 377 g/mol. The van der Waals surface area contributed by atoms with Gasteiger partial charge in [-0.3, -0.25) is 4.57 Å². The quantitative estimate of drug-likeness (QED) is 0.743. The summed E-state index contributed by atoms with van der Waals surface area (Å²) in [6.45, 7) is 2.04. The van der Waals surface area contributed by atoms with Crippen LogP contribution in [-0.2, 0) is 9.09 Å². The average Bonchev–Trinajstić information content (AvgIpc) is 2.55. The van der Waals surface area contributed by atoms with Gasteiger partial charge in [-0.25, -0.2) is 0 Å². The summed E-state index contributed by atoms with van der Waals surface area (Å²) in [5.74, 6) is -1.19. The van der Waals surface area contributed by atoms with Crippen LogP contribution in [0.4, 0.5) is 5.69 Å². The van der Waals surface area contributed by atoms with E-state index in [0.29, 0.717) is 10.9 Å². The highest BCUT2D eigenvalue weighted by atomic mass is 79.9. The van der Waals surface area contributed by atoms with E-state index in [1.165, 1.54) is 0 Å². The zero-order chi connectivity index (χ0) is 17.0. The number of hydrogen-bond acceptors (Lipinski definition) is 4. The van der Waals surface area contributed by atoms with Crippen LogP contribution < -0.4 is 10.2 Å². The Hall–Kier alpha value is -1.13. The molecule has 0 unspecified atom stereocenters. The SMILES string of the molecule is CCO[P@@](=O)(c1ccc(N(C)C)cc1)[C@@H](O)c1ccc(Br)cc1. The summed E-state index contributed by atoms with van der Waals surface area (Å²) in [7, 11) is 0.448. The van der Waals surface area contributed by atoms with E-state index in [9.17, 15) is 9.67 Å². The molecule has 0 aliphatic carbocycles. The Morgan fingerprint density at radius 2 is 1.70 bits per heavy atom. The molecule has 0 bridgehead atoms. The molecule has 2 aromatic carbocycles. The fraction of sp³-hybridized carbons (Fsp3) is 0.294. The van der Waals surface area contributed by atoms with Crippen molar-refractivity contribution in [1.29, 1.82) is 0 Å². The van der Waals surface area contributed by atoms with Crippen LogP contribution in [0.2, 0.25) is 0 Å². The normalized spacial score (nSPS) is 15.0. The fourth-order valence-corrected chi connectivity index (χ4v) is 4.62. The largest absolute Gasteiger partial charge is 0.378 e. The van der Waals surface area contributed by atoms with Gasteiger partial charge in [0.15, 0.2) is 5.85 Å². The Kier molecular flexibility index (Phi) is 6.04. The molecular formula is C17H21BrNO3P. The van der Waals surface area contributed by atoms with Crippen LogP contribution in [0.15, 0.2) is 53.0 Å². The molecule has 124 valence electrons. The number of halogens is 1. The maximum Gasteiger partial charge on any atom is 0.264 e. The molecule has 1 N–H and O–H groups in total. The van der Waals surface area contributed by atoms with E-state index < -0.39 is 13.2 Å². The number of benzene rings is 2. The van der Waals surface area contributed by atoms with Gasteiger partial charge in [-0.05, 0) is 48.9 Å². The van der Waals surface area contributed by atoms with Gasteiger partial charge in [0, 0.05) is 29.6 Å². The van der Waals surface area contributed by atoms with Gasteiger partial charge in [0.1, 0.15) is 0 Å². The van der Waals surface area contributed by atoms with Gasteiger partial charge in [0.05, 0.1) is 6.61 Å². The first-order valence-corrected chi connectivity index (χ1v) is 9.83. The maximum atomic E-state index is 13.4. The molecule has 0 aliphatic rings. The average molecular weight is 398 g/mol. The lowest BCUT2D eigenvalue weighted by molar-refractivity contribution is 0.218. The first kappa shape index (κ1) is 18.2. The van der Waals surface area contributed by atoms with E-state index in [0.717, 1.165) is 10.2 Å². The molecule has 2 rings (SSSR count). The molecule has 0 radical (unpaired) electrons. The van der Waals surface area contributed by atoms with E-state index in [-0.39, 0.29) is 6.61 Å². The number of anilines is 1. The molecule has 0 amide bonds. The Balaban J connectivity index is 2.41. The third-order valence-electron chi connectivity index (χ3n) is 3.54. The van der Waals surface area contributed by atoms with Crippen LogP contribution >= 0.6 is 23.3 Å². The highest BCUT2D eigenvalue weighted by molar-refractivity contribution is 9.10. The van der Waals surface area contributed by atoms with Crippen LogP contribution in [0, 0.1) is 0 Å². The second-order valence-corrected chi connectivity index (χ2v) is 8.72. The summed E-state index contributed by atoms with van der Waals surface area (Å²) < 4.78 is 19.8. The zero-order valence-corrected chi connectivity index (χ0v) is 15.9. The van der Waals surface area contributed by atoms with E-state index in [4.69, 9.17) is 4.52 Å². The van der Waals surface area contributed by atoms with Crippen LogP contribution in [0.1, 0.15) is 18.3 Å². The van der Waals surface area contributed by atoms with Crippen molar-refractivity contribution in [2.45, 2.75) is 12.8 Å². The lowest BCUT2D eigenvalue weighted by Gasteiger charge is -2.24.